The molecule has 4 aromatic rings. The van der Waals surface area contributed by atoms with Crippen LogP contribution in [0, 0.1) is 0 Å². The predicted molar refractivity (Wildman–Crippen MR) is 128 cm³/mol. The molecule has 32 heavy (non-hydrogen) atoms. The van der Waals surface area contributed by atoms with Gasteiger partial charge in [-0.3, -0.25) is 0 Å². The van der Waals surface area contributed by atoms with Crippen molar-refractivity contribution in [2.24, 2.45) is 0 Å². The summed E-state index contributed by atoms with van der Waals surface area (Å²) in [6, 6.07) is 24.4. The van der Waals surface area contributed by atoms with E-state index in [0.29, 0.717) is 25.3 Å². The fourth-order valence-electron chi connectivity index (χ4n) is 5.17. The molecule has 0 saturated carbocycles. The summed E-state index contributed by atoms with van der Waals surface area (Å²) in [5.74, 6) is 1.67. The van der Waals surface area contributed by atoms with Crippen LogP contribution in [0.3, 0.4) is 0 Å². The molecule has 1 aliphatic carbocycles. The van der Waals surface area contributed by atoms with Crippen LogP contribution in [-0.2, 0) is 6.42 Å². The van der Waals surface area contributed by atoms with E-state index in [2.05, 4.69) is 77.9 Å². The zero-order chi connectivity index (χ0) is 21.5. The zero-order valence-corrected chi connectivity index (χ0v) is 18.4. The van der Waals surface area contributed by atoms with Crippen LogP contribution in [-0.4, -0.2) is 18.2 Å². The number of H-pyrrole nitrogens is 1. The molecule has 0 radical (unpaired) electrons. The number of ether oxygens (including phenoxy) is 2. The first kappa shape index (κ1) is 19.4. The zero-order valence-electron chi connectivity index (χ0n) is 18.4. The minimum absolute atomic E-state index is 0.312. The molecular weight excluding hydrogens is 396 g/mol. The molecule has 0 saturated heterocycles. The van der Waals surface area contributed by atoms with Crippen molar-refractivity contribution in [1.29, 1.82) is 0 Å². The molecule has 1 aromatic heterocycles. The van der Waals surface area contributed by atoms with Crippen LogP contribution in [0.25, 0.3) is 22.0 Å². The van der Waals surface area contributed by atoms with Gasteiger partial charge >= 0.3 is 0 Å². The lowest BCUT2D eigenvalue weighted by Gasteiger charge is -2.27. The van der Waals surface area contributed by atoms with Crippen molar-refractivity contribution < 1.29 is 9.47 Å². The lowest BCUT2D eigenvalue weighted by atomic mass is 9.90. The normalized spacial score (nSPS) is 18.3. The third-order valence-corrected chi connectivity index (χ3v) is 6.83. The largest absolute Gasteiger partial charge is 0.486 e. The van der Waals surface area contributed by atoms with Crippen molar-refractivity contribution >= 4 is 10.9 Å². The van der Waals surface area contributed by atoms with Gasteiger partial charge in [0.1, 0.15) is 13.2 Å². The fourth-order valence-corrected chi connectivity index (χ4v) is 5.17. The molecule has 162 valence electrons. The van der Waals surface area contributed by atoms with Gasteiger partial charge in [0.25, 0.3) is 0 Å². The van der Waals surface area contributed by atoms with E-state index in [4.69, 9.17) is 9.47 Å². The molecule has 0 fully saturated rings. The van der Waals surface area contributed by atoms with E-state index in [1.807, 2.05) is 6.07 Å². The Morgan fingerprint density at radius 3 is 2.56 bits per heavy atom. The van der Waals surface area contributed by atoms with Crippen LogP contribution in [0.1, 0.15) is 48.7 Å². The second-order valence-electron chi connectivity index (χ2n) is 8.88. The van der Waals surface area contributed by atoms with Gasteiger partial charge in [-0.1, -0.05) is 42.5 Å². The van der Waals surface area contributed by atoms with Crippen LogP contribution < -0.4 is 14.8 Å². The molecule has 2 unspecified atom stereocenters. The molecule has 2 N–H and O–H groups in total. The average Bonchev–Trinajstić information content (AvgIpc) is 3.23. The summed E-state index contributed by atoms with van der Waals surface area (Å²) in [7, 11) is 0. The first-order chi connectivity index (χ1) is 15.8. The van der Waals surface area contributed by atoms with E-state index in [1.165, 1.54) is 39.7 Å². The molecule has 0 bridgehead atoms. The van der Waals surface area contributed by atoms with E-state index in [-0.39, 0.29) is 0 Å². The van der Waals surface area contributed by atoms with Crippen molar-refractivity contribution in [1.82, 2.24) is 10.3 Å². The second kappa shape index (κ2) is 8.03. The molecule has 4 heteroatoms. The third kappa shape index (κ3) is 3.45. The molecule has 0 spiro atoms. The third-order valence-electron chi connectivity index (χ3n) is 6.83. The highest BCUT2D eigenvalue weighted by atomic mass is 16.6. The molecule has 6 rings (SSSR count). The van der Waals surface area contributed by atoms with Crippen LogP contribution in [0.5, 0.6) is 11.5 Å². The molecule has 4 nitrogen and oxygen atoms in total. The van der Waals surface area contributed by atoms with Gasteiger partial charge in [-0.15, -0.1) is 0 Å². The number of aryl methyl sites for hydroxylation is 1. The van der Waals surface area contributed by atoms with Crippen molar-refractivity contribution in [3.63, 3.8) is 0 Å². The predicted octanol–water partition coefficient (Wildman–Crippen LogP) is 6.33. The lowest BCUT2D eigenvalue weighted by Crippen LogP contribution is -2.27. The van der Waals surface area contributed by atoms with Crippen molar-refractivity contribution in [2.75, 3.05) is 13.2 Å². The number of fused-ring (bicyclic) bond motifs is 4. The van der Waals surface area contributed by atoms with Crippen LogP contribution in [0.15, 0.2) is 66.7 Å². The van der Waals surface area contributed by atoms with Crippen molar-refractivity contribution in [2.45, 2.75) is 38.3 Å². The number of benzene rings is 3. The standard InChI is InChI=1S/C28H28N2O2/c1-18(19-6-3-2-4-7-19)29-25-9-5-8-22-23-16-20(10-12-24(23)30-28(22)25)21-11-13-26-27(17-21)32-15-14-31-26/h2-4,6-7,10-13,16-18,25,29-30H,5,8-9,14-15H2,1H3. The van der Waals surface area contributed by atoms with E-state index in [0.717, 1.165) is 29.9 Å². The smallest absolute Gasteiger partial charge is 0.161 e. The maximum atomic E-state index is 5.80. The van der Waals surface area contributed by atoms with Crippen LogP contribution in [0.4, 0.5) is 0 Å². The number of aromatic nitrogens is 1. The molecule has 3 aromatic carbocycles. The molecule has 2 heterocycles. The minimum Gasteiger partial charge on any atom is -0.486 e. The summed E-state index contributed by atoms with van der Waals surface area (Å²) >= 11 is 0. The summed E-state index contributed by atoms with van der Waals surface area (Å²) in [6.45, 7) is 3.48. The summed E-state index contributed by atoms with van der Waals surface area (Å²) in [6.07, 6.45) is 3.48. The summed E-state index contributed by atoms with van der Waals surface area (Å²) in [4.78, 5) is 3.74. The number of hydrogen-bond donors (Lipinski definition) is 2. The monoisotopic (exact) mass is 424 g/mol. The van der Waals surface area contributed by atoms with Gasteiger partial charge < -0.3 is 19.8 Å². The number of aromatic amines is 1. The Labute approximate surface area is 188 Å². The quantitative estimate of drug-likeness (QED) is 0.402. The minimum atomic E-state index is 0.312. The van der Waals surface area contributed by atoms with Gasteiger partial charge in [0.05, 0.1) is 0 Å². The Balaban J connectivity index is 1.33. The van der Waals surface area contributed by atoms with Gasteiger partial charge in [-0.25, -0.2) is 0 Å². The molecular formula is C28H28N2O2. The molecule has 2 aliphatic rings. The van der Waals surface area contributed by atoms with E-state index in [1.54, 1.807) is 0 Å². The van der Waals surface area contributed by atoms with E-state index in [9.17, 15) is 0 Å². The maximum absolute atomic E-state index is 5.80. The fraction of sp³-hybridized carbons (Fsp3) is 0.286. The first-order valence-electron chi connectivity index (χ1n) is 11.6. The number of hydrogen-bond acceptors (Lipinski definition) is 3. The summed E-state index contributed by atoms with van der Waals surface area (Å²) in [5, 5.41) is 5.21. The Morgan fingerprint density at radius 2 is 1.69 bits per heavy atom. The Hall–Kier alpha value is -3.24. The van der Waals surface area contributed by atoms with E-state index >= 15 is 0 Å². The molecule has 1 aliphatic heterocycles. The second-order valence-corrected chi connectivity index (χ2v) is 8.88. The Bertz CT molecular complexity index is 1260. The number of nitrogens with one attached hydrogen (secondary N) is 2. The Kier molecular flexibility index (Phi) is 4.88. The maximum Gasteiger partial charge on any atom is 0.161 e. The SMILES string of the molecule is CC(NC1CCCc2c1[nH]c1ccc(-c3ccc4c(c3)OCCO4)cc21)c1ccccc1. The van der Waals surface area contributed by atoms with Gasteiger partial charge in [-0.2, -0.15) is 0 Å². The lowest BCUT2D eigenvalue weighted by molar-refractivity contribution is 0.171. The van der Waals surface area contributed by atoms with Crippen LogP contribution >= 0.6 is 0 Å². The highest BCUT2D eigenvalue weighted by Crippen LogP contribution is 2.39. The summed E-state index contributed by atoms with van der Waals surface area (Å²) in [5.41, 5.74) is 7.74. The number of rotatable bonds is 4. The van der Waals surface area contributed by atoms with Gasteiger partial charge in [0, 0.05) is 28.7 Å². The highest BCUT2D eigenvalue weighted by Gasteiger charge is 2.26. The van der Waals surface area contributed by atoms with Gasteiger partial charge in [-0.05, 0) is 72.7 Å². The van der Waals surface area contributed by atoms with E-state index < -0.39 is 0 Å². The Morgan fingerprint density at radius 1 is 0.906 bits per heavy atom. The van der Waals surface area contributed by atoms with Crippen molar-refractivity contribution in [3.05, 3.63) is 83.6 Å². The first-order valence-corrected chi connectivity index (χ1v) is 11.6. The van der Waals surface area contributed by atoms with Crippen molar-refractivity contribution in [3.8, 4) is 22.6 Å². The van der Waals surface area contributed by atoms with Gasteiger partial charge in [0.15, 0.2) is 11.5 Å². The topological polar surface area (TPSA) is 46.3 Å². The molecule has 0 amide bonds. The van der Waals surface area contributed by atoms with Gasteiger partial charge in [0.2, 0.25) is 0 Å². The molecule has 2 atom stereocenters. The average molecular weight is 425 g/mol. The summed E-state index contributed by atoms with van der Waals surface area (Å²) < 4.78 is 11.5. The highest BCUT2D eigenvalue weighted by molar-refractivity contribution is 5.89. The van der Waals surface area contributed by atoms with Crippen LogP contribution in [0.2, 0.25) is 0 Å².